The first-order valence-electron chi connectivity index (χ1n) is 10.8. The molecule has 0 atom stereocenters. The zero-order chi connectivity index (χ0) is 22.6. The Morgan fingerprint density at radius 1 is 0.903 bits per heavy atom. The van der Waals surface area contributed by atoms with Crippen molar-refractivity contribution < 1.29 is 13.2 Å². The first-order valence-corrected chi connectivity index (χ1v) is 12.4. The summed E-state index contributed by atoms with van der Waals surface area (Å²) >= 11 is 0. The molecule has 31 heavy (non-hydrogen) atoms. The normalized spacial score (nSPS) is 12.1. The van der Waals surface area contributed by atoms with Crippen LogP contribution in [0.4, 0.5) is 0 Å². The van der Waals surface area contributed by atoms with Gasteiger partial charge in [-0.1, -0.05) is 76.2 Å². The molecule has 0 N–H and O–H groups in total. The van der Waals surface area contributed by atoms with Crippen LogP contribution in [0.25, 0.3) is 10.9 Å². The SMILES string of the molecule is CC(C)CN(CC(C)C)C(=O)Cn1cc(S(=O)(=O)Cc2ccccc2)c2ccccc21. The van der Waals surface area contributed by atoms with Crippen molar-refractivity contribution in [1.29, 1.82) is 0 Å². The molecule has 0 unspecified atom stereocenters. The van der Waals surface area contributed by atoms with Crippen LogP contribution < -0.4 is 0 Å². The van der Waals surface area contributed by atoms with E-state index >= 15 is 0 Å². The first-order chi connectivity index (χ1) is 14.7. The Balaban J connectivity index is 1.95. The van der Waals surface area contributed by atoms with Gasteiger partial charge in [-0.3, -0.25) is 4.79 Å². The van der Waals surface area contributed by atoms with Crippen LogP contribution in [0.1, 0.15) is 33.3 Å². The molecule has 166 valence electrons. The summed E-state index contributed by atoms with van der Waals surface area (Å²) in [5, 5.41) is 0.658. The molecule has 3 rings (SSSR count). The molecule has 2 aromatic carbocycles. The van der Waals surface area contributed by atoms with E-state index in [1.807, 2.05) is 59.5 Å². The zero-order valence-electron chi connectivity index (χ0n) is 18.8. The number of benzene rings is 2. The van der Waals surface area contributed by atoms with Gasteiger partial charge in [0.05, 0.1) is 10.6 Å². The number of fused-ring (bicyclic) bond motifs is 1. The number of hydrogen-bond acceptors (Lipinski definition) is 3. The third-order valence-corrected chi connectivity index (χ3v) is 6.82. The molecule has 1 heterocycles. The molecule has 0 radical (unpaired) electrons. The highest BCUT2D eigenvalue weighted by Crippen LogP contribution is 2.28. The largest absolute Gasteiger partial charge is 0.341 e. The number of carbonyl (C=O) groups excluding carboxylic acids is 1. The second-order valence-electron chi connectivity index (χ2n) is 8.97. The van der Waals surface area contributed by atoms with E-state index in [1.54, 1.807) is 10.8 Å². The van der Waals surface area contributed by atoms with Crippen LogP contribution in [-0.2, 0) is 26.9 Å². The quantitative estimate of drug-likeness (QED) is 0.482. The fraction of sp³-hybridized carbons (Fsp3) is 0.400. The van der Waals surface area contributed by atoms with Crippen molar-refractivity contribution in [1.82, 2.24) is 9.47 Å². The summed E-state index contributed by atoms with van der Waals surface area (Å²) in [6.45, 7) is 9.89. The van der Waals surface area contributed by atoms with Crippen LogP contribution in [0.5, 0.6) is 0 Å². The van der Waals surface area contributed by atoms with Crippen molar-refractivity contribution >= 4 is 26.6 Å². The summed E-state index contributed by atoms with van der Waals surface area (Å²) in [4.78, 5) is 15.3. The van der Waals surface area contributed by atoms with Crippen molar-refractivity contribution in [3.8, 4) is 0 Å². The van der Waals surface area contributed by atoms with Crippen molar-refractivity contribution in [2.45, 2.75) is 44.9 Å². The molecule has 1 aromatic heterocycles. The Hall–Kier alpha value is -2.60. The number of para-hydroxylation sites is 1. The summed E-state index contributed by atoms with van der Waals surface area (Å²) in [6.07, 6.45) is 1.63. The van der Waals surface area contributed by atoms with Gasteiger partial charge in [0.15, 0.2) is 9.84 Å². The van der Waals surface area contributed by atoms with E-state index < -0.39 is 9.84 Å². The smallest absolute Gasteiger partial charge is 0.242 e. The number of amides is 1. The molecular weight excluding hydrogens is 408 g/mol. The molecular formula is C25H32N2O3S. The molecule has 3 aromatic rings. The Kier molecular flexibility index (Phi) is 7.21. The highest BCUT2D eigenvalue weighted by molar-refractivity contribution is 7.90. The topological polar surface area (TPSA) is 59.4 Å². The van der Waals surface area contributed by atoms with Crippen molar-refractivity contribution in [2.24, 2.45) is 11.8 Å². The average Bonchev–Trinajstić information content (AvgIpc) is 3.07. The Labute approximate surface area is 185 Å². The van der Waals surface area contributed by atoms with Gasteiger partial charge < -0.3 is 9.47 Å². The van der Waals surface area contributed by atoms with E-state index in [-0.39, 0.29) is 23.1 Å². The van der Waals surface area contributed by atoms with E-state index in [9.17, 15) is 13.2 Å². The number of sulfone groups is 1. The van der Waals surface area contributed by atoms with Crippen LogP contribution in [0, 0.1) is 11.8 Å². The predicted octanol–water partition coefficient (Wildman–Crippen LogP) is 4.76. The van der Waals surface area contributed by atoms with Crippen LogP contribution in [0.15, 0.2) is 65.7 Å². The molecule has 0 aliphatic carbocycles. The second-order valence-corrected chi connectivity index (χ2v) is 10.9. The number of nitrogens with zero attached hydrogens (tertiary/aromatic N) is 2. The Bertz CT molecular complexity index is 1120. The van der Waals surface area contributed by atoms with Gasteiger partial charge in [-0.2, -0.15) is 0 Å². The van der Waals surface area contributed by atoms with Crippen LogP contribution in [0.2, 0.25) is 0 Å². The number of rotatable bonds is 9. The number of hydrogen-bond donors (Lipinski definition) is 0. The minimum atomic E-state index is -3.56. The average molecular weight is 441 g/mol. The fourth-order valence-corrected chi connectivity index (χ4v) is 5.45. The summed E-state index contributed by atoms with van der Waals surface area (Å²) in [6, 6.07) is 16.6. The Morgan fingerprint density at radius 2 is 1.48 bits per heavy atom. The van der Waals surface area contributed by atoms with E-state index in [4.69, 9.17) is 0 Å². The van der Waals surface area contributed by atoms with Gasteiger partial charge in [0.1, 0.15) is 6.54 Å². The Morgan fingerprint density at radius 3 is 2.10 bits per heavy atom. The lowest BCUT2D eigenvalue weighted by atomic mass is 10.1. The van der Waals surface area contributed by atoms with Crippen molar-refractivity contribution in [3.63, 3.8) is 0 Å². The minimum absolute atomic E-state index is 0.00941. The van der Waals surface area contributed by atoms with Crippen molar-refractivity contribution in [2.75, 3.05) is 13.1 Å². The number of aromatic nitrogens is 1. The van der Waals surface area contributed by atoms with Gasteiger partial charge in [0.25, 0.3) is 0 Å². The lowest BCUT2D eigenvalue weighted by Gasteiger charge is -2.26. The lowest BCUT2D eigenvalue weighted by molar-refractivity contribution is -0.132. The van der Waals surface area contributed by atoms with Crippen molar-refractivity contribution in [3.05, 3.63) is 66.4 Å². The third kappa shape index (κ3) is 5.76. The molecule has 5 nitrogen and oxygen atoms in total. The predicted molar refractivity (Wildman–Crippen MR) is 126 cm³/mol. The molecule has 0 fully saturated rings. The molecule has 0 aliphatic rings. The van der Waals surface area contributed by atoms with E-state index in [0.29, 0.717) is 30.3 Å². The fourth-order valence-electron chi connectivity index (χ4n) is 3.87. The van der Waals surface area contributed by atoms with Gasteiger partial charge in [-0.25, -0.2) is 8.42 Å². The van der Waals surface area contributed by atoms with Gasteiger partial charge in [-0.05, 0) is 23.5 Å². The van der Waals surface area contributed by atoms with Gasteiger partial charge >= 0.3 is 0 Å². The molecule has 0 bridgehead atoms. The minimum Gasteiger partial charge on any atom is -0.341 e. The highest BCUT2D eigenvalue weighted by Gasteiger charge is 2.24. The standard InChI is InChI=1S/C25H32N2O3S/c1-19(2)14-27(15-20(3)4)25(28)17-26-16-24(22-12-8-9-13-23(22)26)31(29,30)18-21-10-6-5-7-11-21/h5-13,16,19-20H,14-15,17-18H2,1-4H3. The van der Waals surface area contributed by atoms with E-state index in [1.165, 1.54) is 0 Å². The van der Waals surface area contributed by atoms with Gasteiger partial charge in [0, 0.05) is 30.2 Å². The molecule has 0 saturated heterocycles. The maximum Gasteiger partial charge on any atom is 0.242 e. The highest BCUT2D eigenvalue weighted by atomic mass is 32.2. The van der Waals surface area contributed by atoms with Gasteiger partial charge in [-0.15, -0.1) is 0 Å². The van der Waals surface area contributed by atoms with E-state index in [0.717, 1.165) is 11.1 Å². The third-order valence-electron chi connectivity index (χ3n) is 5.12. The molecule has 0 saturated carbocycles. The monoisotopic (exact) mass is 440 g/mol. The van der Waals surface area contributed by atoms with Crippen LogP contribution in [-0.4, -0.2) is 36.9 Å². The maximum absolute atomic E-state index is 13.2. The molecule has 0 aliphatic heterocycles. The molecule has 6 heteroatoms. The van der Waals surface area contributed by atoms with E-state index in [2.05, 4.69) is 27.7 Å². The first kappa shape index (κ1) is 23.1. The summed E-state index contributed by atoms with van der Waals surface area (Å²) in [5.41, 5.74) is 1.51. The summed E-state index contributed by atoms with van der Waals surface area (Å²) in [5.74, 6) is 0.676. The van der Waals surface area contributed by atoms with Gasteiger partial charge in [0.2, 0.25) is 5.91 Å². The van der Waals surface area contributed by atoms with Crippen LogP contribution >= 0.6 is 0 Å². The summed E-state index contributed by atoms with van der Waals surface area (Å²) < 4.78 is 28.2. The molecule has 1 amide bonds. The number of carbonyl (C=O) groups is 1. The van der Waals surface area contributed by atoms with Crippen LogP contribution in [0.3, 0.4) is 0 Å². The lowest BCUT2D eigenvalue weighted by Crippen LogP contribution is -2.38. The zero-order valence-corrected chi connectivity index (χ0v) is 19.6. The summed E-state index contributed by atoms with van der Waals surface area (Å²) in [7, 11) is -3.56. The second kappa shape index (κ2) is 9.69. The molecule has 0 spiro atoms. The maximum atomic E-state index is 13.2.